The van der Waals surface area contributed by atoms with Gasteiger partial charge in [0.15, 0.2) is 0 Å². The first-order valence-electron chi connectivity index (χ1n) is 4.45. The zero-order valence-electron chi connectivity index (χ0n) is 8.38. The van der Waals surface area contributed by atoms with Crippen molar-refractivity contribution in [1.82, 2.24) is 0 Å². The summed E-state index contributed by atoms with van der Waals surface area (Å²) in [7, 11) is 0. The Labute approximate surface area is 97.8 Å². The van der Waals surface area contributed by atoms with Gasteiger partial charge in [0.05, 0.1) is 11.4 Å². The third-order valence-electron chi connectivity index (χ3n) is 2.04. The third-order valence-corrected chi connectivity index (χ3v) is 3.70. The first-order chi connectivity index (χ1) is 6.65. The standard InChI is InChI=1S/C10H15BrN2S/c1-7(14-2)6-13-9-5-3-4-8(11)10(9)12/h3-5,7,13H,6,12H2,1-2H3. The van der Waals surface area contributed by atoms with Crippen LogP contribution in [0.4, 0.5) is 11.4 Å². The van der Waals surface area contributed by atoms with E-state index in [9.17, 15) is 0 Å². The summed E-state index contributed by atoms with van der Waals surface area (Å²) >= 11 is 5.24. The maximum atomic E-state index is 5.89. The number of anilines is 2. The Morgan fingerprint density at radius 3 is 2.93 bits per heavy atom. The molecule has 2 nitrogen and oxygen atoms in total. The molecule has 0 saturated heterocycles. The topological polar surface area (TPSA) is 38.0 Å². The van der Waals surface area contributed by atoms with E-state index in [-0.39, 0.29) is 0 Å². The number of nitrogen functional groups attached to an aromatic ring is 1. The average molecular weight is 275 g/mol. The summed E-state index contributed by atoms with van der Waals surface area (Å²) in [5.41, 5.74) is 7.67. The molecule has 4 heteroatoms. The van der Waals surface area contributed by atoms with Crippen LogP contribution in [0.1, 0.15) is 6.92 Å². The van der Waals surface area contributed by atoms with Gasteiger partial charge in [-0.3, -0.25) is 0 Å². The molecule has 0 aromatic heterocycles. The molecule has 1 aromatic rings. The van der Waals surface area contributed by atoms with E-state index in [1.807, 2.05) is 30.0 Å². The molecule has 78 valence electrons. The van der Waals surface area contributed by atoms with E-state index in [1.165, 1.54) is 0 Å². The van der Waals surface area contributed by atoms with E-state index < -0.39 is 0 Å². The van der Waals surface area contributed by atoms with Gasteiger partial charge >= 0.3 is 0 Å². The molecule has 1 unspecified atom stereocenters. The highest BCUT2D eigenvalue weighted by atomic mass is 79.9. The predicted molar refractivity (Wildman–Crippen MR) is 70.0 cm³/mol. The van der Waals surface area contributed by atoms with Crippen LogP contribution in [0.25, 0.3) is 0 Å². The molecule has 0 aliphatic carbocycles. The van der Waals surface area contributed by atoms with E-state index in [1.54, 1.807) is 0 Å². The normalized spacial score (nSPS) is 12.5. The Kier molecular flexibility index (Phi) is 4.62. The van der Waals surface area contributed by atoms with E-state index in [0.29, 0.717) is 5.25 Å². The fourth-order valence-corrected chi connectivity index (χ4v) is 1.64. The number of rotatable bonds is 4. The molecule has 1 rings (SSSR count). The minimum Gasteiger partial charge on any atom is -0.396 e. The average Bonchev–Trinajstić information content (AvgIpc) is 2.20. The van der Waals surface area contributed by atoms with Crippen LogP contribution in [-0.2, 0) is 0 Å². The maximum Gasteiger partial charge on any atom is 0.0694 e. The Bertz CT molecular complexity index is 304. The SMILES string of the molecule is CSC(C)CNc1cccc(Br)c1N. The highest BCUT2D eigenvalue weighted by Crippen LogP contribution is 2.27. The molecule has 0 radical (unpaired) electrons. The van der Waals surface area contributed by atoms with Crippen LogP contribution in [0.2, 0.25) is 0 Å². The number of halogens is 1. The Hall–Kier alpha value is -0.350. The number of thioether (sulfide) groups is 1. The van der Waals surface area contributed by atoms with Crippen LogP contribution in [0.5, 0.6) is 0 Å². The van der Waals surface area contributed by atoms with Gasteiger partial charge in [-0.25, -0.2) is 0 Å². The number of nitrogens with two attached hydrogens (primary N) is 1. The van der Waals surface area contributed by atoms with Crippen molar-refractivity contribution >= 4 is 39.1 Å². The van der Waals surface area contributed by atoms with E-state index in [0.717, 1.165) is 22.4 Å². The summed E-state index contributed by atoms with van der Waals surface area (Å²) in [4.78, 5) is 0. The van der Waals surface area contributed by atoms with Crippen LogP contribution in [0, 0.1) is 0 Å². The number of benzene rings is 1. The van der Waals surface area contributed by atoms with Crippen molar-refractivity contribution in [2.75, 3.05) is 23.9 Å². The van der Waals surface area contributed by atoms with Crippen molar-refractivity contribution in [3.05, 3.63) is 22.7 Å². The fourth-order valence-electron chi connectivity index (χ4n) is 1.03. The summed E-state index contributed by atoms with van der Waals surface area (Å²) in [6.07, 6.45) is 2.11. The summed E-state index contributed by atoms with van der Waals surface area (Å²) in [6.45, 7) is 3.12. The van der Waals surface area contributed by atoms with Crippen molar-refractivity contribution in [2.24, 2.45) is 0 Å². The number of hydrogen-bond acceptors (Lipinski definition) is 3. The van der Waals surface area contributed by atoms with E-state index in [4.69, 9.17) is 5.73 Å². The molecule has 3 N–H and O–H groups in total. The van der Waals surface area contributed by atoms with Gasteiger partial charge in [-0.2, -0.15) is 11.8 Å². The molecule has 0 aliphatic heterocycles. The molecule has 0 heterocycles. The smallest absolute Gasteiger partial charge is 0.0694 e. The number of nitrogens with one attached hydrogen (secondary N) is 1. The van der Waals surface area contributed by atoms with Crippen molar-refractivity contribution in [2.45, 2.75) is 12.2 Å². The lowest BCUT2D eigenvalue weighted by molar-refractivity contribution is 1.00. The maximum absolute atomic E-state index is 5.89. The van der Waals surface area contributed by atoms with Gasteiger partial charge in [-0.15, -0.1) is 0 Å². The molecule has 0 saturated carbocycles. The second-order valence-electron chi connectivity index (χ2n) is 3.13. The zero-order chi connectivity index (χ0) is 10.6. The lowest BCUT2D eigenvalue weighted by Gasteiger charge is -2.13. The number of hydrogen-bond donors (Lipinski definition) is 2. The van der Waals surface area contributed by atoms with Gasteiger partial charge in [-0.1, -0.05) is 13.0 Å². The number of para-hydroxylation sites is 1. The van der Waals surface area contributed by atoms with E-state index >= 15 is 0 Å². The predicted octanol–water partition coefficient (Wildman–Crippen LogP) is 3.19. The Morgan fingerprint density at radius 2 is 2.29 bits per heavy atom. The minimum atomic E-state index is 0.591. The van der Waals surface area contributed by atoms with Gasteiger partial charge in [-0.05, 0) is 34.3 Å². The van der Waals surface area contributed by atoms with Crippen LogP contribution < -0.4 is 11.1 Å². The molecule has 0 aliphatic rings. The Balaban J connectivity index is 2.63. The minimum absolute atomic E-state index is 0.591. The zero-order valence-corrected chi connectivity index (χ0v) is 10.8. The highest BCUT2D eigenvalue weighted by molar-refractivity contribution is 9.10. The molecule has 1 aromatic carbocycles. The fraction of sp³-hybridized carbons (Fsp3) is 0.400. The summed E-state index contributed by atoms with van der Waals surface area (Å²) in [5.74, 6) is 0. The summed E-state index contributed by atoms with van der Waals surface area (Å²) in [5, 5.41) is 3.92. The molecular formula is C10H15BrN2S. The summed E-state index contributed by atoms with van der Waals surface area (Å²) in [6, 6.07) is 5.91. The highest BCUT2D eigenvalue weighted by Gasteiger charge is 2.03. The second-order valence-corrected chi connectivity index (χ2v) is 5.26. The van der Waals surface area contributed by atoms with Gasteiger partial charge in [0.1, 0.15) is 0 Å². The first-order valence-corrected chi connectivity index (χ1v) is 6.54. The molecule has 0 fully saturated rings. The molecule has 0 bridgehead atoms. The van der Waals surface area contributed by atoms with E-state index in [2.05, 4.69) is 34.4 Å². The summed E-state index contributed by atoms with van der Waals surface area (Å²) < 4.78 is 0.944. The lowest BCUT2D eigenvalue weighted by Crippen LogP contribution is -2.13. The van der Waals surface area contributed by atoms with Crippen molar-refractivity contribution in [3.63, 3.8) is 0 Å². The van der Waals surface area contributed by atoms with Crippen LogP contribution in [0.3, 0.4) is 0 Å². The van der Waals surface area contributed by atoms with Crippen LogP contribution >= 0.6 is 27.7 Å². The van der Waals surface area contributed by atoms with Gasteiger partial charge in [0.25, 0.3) is 0 Å². The van der Waals surface area contributed by atoms with Gasteiger partial charge < -0.3 is 11.1 Å². The van der Waals surface area contributed by atoms with Gasteiger partial charge in [0, 0.05) is 16.3 Å². The lowest BCUT2D eigenvalue weighted by atomic mass is 10.2. The van der Waals surface area contributed by atoms with Crippen LogP contribution in [-0.4, -0.2) is 18.1 Å². The van der Waals surface area contributed by atoms with Crippen molar-refractivity contribution in [1.29, 1.82) is 0 Å². The van der Waals surface area contributed by atoms with Crippen LogP contribution in [0.15, 0.2) is 22.7 Å². The largest absolute Gasteiger partial charge is 0.396 e. The molecular weight excluding hydrogens is 260 g/mol. The van der Waals surface area contributed by atoms with Crippen molar-refractivity contribution in [3.8, 4) is 0 Å². The van der Waals surface area contributed by atoms with Gasteiger partial charge in [0.2, 0.25) is 0 Å². The molecule has 14 heavy (non-hydrogen) atoms. The Morgan fingerprint density at radius 1 is 1.57 bits per heavy atom. The molecule has 0 amide bonds. The quantitative estimate of drug-likeness (QED) is 0.829. The molecule has 1 atom stereocenters. The van der Waals surface area contributed by atoms with Crippen molar-refractivity contribution < 1.29 is 0 Å². The molecule has 0 spiro atoms. The first kappa shape index (κ1) is 11.7. The third kappa shape index (κ3) is 3.10. The second kappa shape index (κ2) is 5.51. The monoisotopic (exact) mass is 274 g/mol.